The Kier molecular flexibility index (Phi) is 4.27. The van der Waals surface area contributed by atoms with Crippen LogP contribution in [0.25, 0.3) is 0 Å². The zero-order valence-electron chi connectivity index (χ0n) is 12.4. The van der Waals surface area contributed by atoms with Crippen LogP contribution in [0.5, 0.6) is 0 Å². The van der Waals surface area contributed by atoms with Gasteiger partial charge in [0, 0.05) is 35.0 Å². The number of anilines is 2. The van der Waals surface area contributed by atoms with Crippen LogP contribution in [0.4, 0.5) is 11.5 Å². The van der Waals surface area contributed by atoms with Gasteiger partial charge in [-0.2, -0.15) is 0 Å². The van der Waals surface area contributed by atoms with E-state index in [4.69, 9.17) is 4.98 Å². The number of nitrogens with one attached hydrogen (secondary N) is 1. The number of hydrogen-bond donors (Lipinski definition) is 1. The summed E-state index contributed by atoms with van der Waals surface area (Å²) >= 11 is 3.53. The Morgan fingerprint density at radius 2 is 2.19 bits per heavy atom. The fourth-order valence-corrected chi connectivity index (χ4v) is 3.41. The van der Waals surface area contributed by atoms with Crippen molar-refractivity contribution >= 4 is 27.4 Å². The van der Waals surface area contributed by atoms with Gasteiger partial charge in [0.2, 0.25) is 0 Å². The van der Waals surface area contributed by atoms with Gasteiger partial charge in [0.25, 0.3) is 0 Å². The lowest BCUT2D eigenvalue weighted by molar-refractivity contribution is 0.558. The first-order valence-corrected chi connectivity index (χ1v) is 8.13. The van der Waals surface area contributed by atoms with Gasteiger partial charge in [0.1, 0.15) is 5.82 Å². The van der Waals surface area contributed by atoms with Crippen LogP contribution in [0.2, 0.25) is 0 Å². The molecule has 1 aliphatic heterocycles. The van der Waals surface area contributed by atoms with Crippen LogP contribution in [0.3, 0.4) is 0 Å². The zero-order chi connectivity index (χ0) is 14.8. The average molecular weight is 346 g/mol. The lowest BCUT2D eigenvalue weighted by Gasteiger charge is -2.35. The van der Waals surface area contributed by atoms with E-state index in [0.717, 1.165) is 29.8 Å². The molecule has 1 N–H and O–H groups in total. The maximum Gasteiger partial charge on any atom is 0.137 e. The monoisotopic (exact) mass is 345 g/mol. The number of nitrogens with zero attached hydrogens (tertiary/aromatic N) is 2. The molecule has 0 radical (unpaired) electrons. The molecule has 1 aliphatic rings. The summed E-state index contributed by atoms with van der Waals surface area (Å²) in [5, 5.41) is 3.24. The Bertz CT molecular complexity index is 642. The summed E-state index contributed by atoms with van der Waals surface area (Å²) in [6.45, 7) is 4.14. The minimum Gasteiger partial charge on any atom is -0.326 e. The van der Waals surface area contributed by atoms with Gasteiger partial charge in [-0.1, -0.05) is 25.1 Å². The molecule has 2 heterocycles. The van der Waals surface area contributed by atoms with Crippen LogP contribution in [-0.4, -0.2) is 18.6 Å². The first kappa shape index (κ1) is 14.5. The van der Waals surface area contributed by atoms with Crippen LogP contribution < -0.4 is 10.2 Å². The summed E-state index contributed by atoms with van der Waals surface area (Å²) in [5.74, 6) is 1.69. The summed E-state index contributed by atoms with van der Waals surface area (Å²) in [7, 11) is 1.97. The Hall–Kier alpha value is -1.39. The van der Waals surface area contributed by atoms with Crippen molar-refractivity contribution in [1.82, 2.24) is 10.3 Å². The van der Waals surface area contributed by atoms with Gasteiger partial charge in [-0.3, -0.25) is 0 Å². The molecule has 3 rings (SSSR count). The topological polar surface area (TPSA) is 28.2 Å². The molecular weight excluding hydrogens is 326 g/mol. The molecule has 0 bridgehead atoms. The van der Waals surface area contributed by atoms with Crippen molar-refractivity contribution in [3.8, 4) is 0 Å². The maximum atomic E-state index is 4.69. The molecule has 2 aromatic rings. The van der Waals surface area contributed by atoms with Crippen molar-refractivity contribution in [2.75, 3.05) is 18.5 Å². The number of pyridine rings is 1. The third kappa shape index (κ3) is 2.97. The van der Waals surface area contributed by atoms with Crippen molar-refractivity contribution in [3.05, 3.63) is 52.1 Å². The lowest BCUT2D eigenvalue weighted by atomic mass is 9.93. The van der Waals surface area contributed by atoms with Crippen LogP contribution in [-0.2, 0) is 13.0 Å². The number of hydrogen-bond acceptors (Lipinski definition) is 3. The molecule has 1 atom stereocenters. The van der Waals surface area contributed by atoms with E-state index in [9.17, 15) is 0 Å². The van der Waals surface area contributed by atoms with Crippen molar-refractivity contribution in [2.24, 2.45) is 5.92 Å². The standard InChI is InChI=1S/C17H20BrN3/c1-12-7-13-5-3-4-6-16(13)21(11-12)17-14(9-19-2)8-15(18)10-20-17/h3-6,8,10,12,19H,7,9,11H2,1-2H3. The predicted octanol–water partition coefficient (Wildman–Crippen LogP) is 3.89. The minimum absolute atomic E-state index is 0.632. The van der Waals surface area contributed by atoms with E-state index in [2.05, 4.69) is 63.4 Å². The summed E-state index contributed by atoms with van der Waals surface area (Å²) in [6, 6.07) is 10.8. The maximum absolute atomic E-state index is 4.69. The number of aromatic nitrogens is 1. The van der Waals surface area contributed by atoms with Gasteiger partial charge in [-0.05, 0) is 53.0 Å². The van der Waals surface area contributed by atoms with E-state index < -0.39 is 0 Å². The van der Waals surface area contributed by atoms with E-state index in [1.54, 1.807) is 0 Å². The van der Waals surface area contributed by atoms with Gasteiger partial charge in [-0.25, -0.2) is 4.98 Å². The SMILES string of the molecule is CNCc1cc(Br)cnc1N1CC(C)Cc2ccccc21. The molecule has 1 aromatic carbocycles. The van der Waals surface area contributed by atoms with Gasteiger partial charge in [-0.15, -0.1) is 0 Å². The van der Waals surface area contributed by atoms with Crippen molar-refractivity contribution in [3.63, 3.8) is 0 Å². The quantitative estimate of drug-likeness (QED) is 0.914. The smallest absolute Gasteiger partial charge is 0.137 e. The molecule has 3 nitrogen and oxygen atoms in total. The van der Waals surface area contributed by atoms with Crippen LogP contribution in [0, 0.1) is 5.92 Å². The highest BCUT2D eigenvalue weighted by Crippen LogP contribution is 2.36. The second-order valence-electron chi connectivity index (χ2n) is 5.72. The van der Waals surface area contributed by atoms with Crippen LogP contribution >= 0.6 is 15.9 Å². The third-order valence-corrected chi connectivity index (χ3v) is 4.31. The van der Waals surface area contributed by atoms with E-state index in [1.165, 1.54) is 16.8 Å². The summed E-state index contributed by atoms with van der Waals surface area (Å²) in [6.07, 6.45) is 3.03. The number of fused-ring (bicyclic) bond motifs is 1. The molecule has 0 amide bonds. The predicted molar refractivity (Wildman–Crippen MR) is 91.0 cm³/mol. The van der Waals surface area contributed by atoms with Gasteiger partial charge in [0.15, 0.2) is 0 Å². The molecule has 1 unspecified atom stereocenters. The molecule has 21 heavy (non-hydrogen) atoms. The van der Waals surface area contributed by atoms with Gasteiger partial charge >= 0.3 is 0 Å². The molecule has 0 saturated carbocycles. The second-order valence-corrected chi connectivity index (χ2v) is 6.63. The molecule has 4 heteroatoms. The highest BCUT2D eigenvalue weighted by Gasteiger charge is 2.24. The molecule has 0 spiro atoms. The van der Waals surface area contributed by atoms with E-state index in [1.807, 2.05) is 13.2 Å². The Balaban J connectivity index is 2.08. The highest BCUT2D eigenvalue weighted by atomic mass is 79.9. The van der Waals surface area contributed by atoms with Gasteiger partial charge < -0.3 is 10.2 Å². The Morgan fingerprint density at radius 1 is 1.38 bits per heavy atom. The Labute approximate surface area is 134 Å². The first-order valence-electron chi connectivity index (χ1n) is 7.33. The minimum atomic E-state index is 0.632. The summed E-state index contributed by atoms with van der Waals surface area (Å²) in [4.78, 5) is 7.06. The molecule has 0 aliphatic carbocycles. The largest absolute Gasteiger partial charge is 0.326 e. The fraction of sp³-hybridized carbons (Fsp3) is 0.353. The van der Waals surface area contributed by atoms with Crippen LogP contribution in [0.1, 0.15) is 18.1 Å². The average Bonchev–Trinajstić information content (AvgIpc) is 2.47. The fourth-order valence-electron chi connectivity index (χ4n) is 3.03. The molecule has 0 fully saturated rings. The number of rotatable bonds is 3. The van der Waals surface area contributed by atoms with Crippen LogP contribution in [0.15, 0.2) is 41.0 Å². The summed E-state index contributed by atoms with van der Waals surface area (Å²) in [5.41, 5.74) is 3.93. The molecule has 110 valence electrons. The number of benzene rings is 1. The molecular formula is C17H20BrN3. The van der Waals surface area contributed by atoms with E-state index >= 15 is 0 Å². The summed E-state index contributed by atoms with van der Waals surface area (Å²) < 4.78 is 1.02. The van der Waals surface area contributed by atoms with Crippen molar-refractivity contribution < 1.29 is 0 Å². The third-order valence-electron chi connectivity index (χ3n) is 3.88. The van der Waals surface area contributed by atoms with E-state index in [0.29, 0.717) is 5.92 Å². The highest BCUT2D eigenvalue weighted by molar-refractivity contribution is 9.10. The second kappa shape index (κ2) is 6.16. The molecule has 1 aromatic heterocycles. The number of para-hydroxylation sites is 1. The van der Waals surface area contributed by atoms with Crippen molar-refractivity contribution in [1.29, 1.82) is 0 Å². The zero-order valence-corrected chi connectivity index (χ0v) is 14.0. The normalized spacial score (nSPS) is 17.7. The number of halogens is 1. The lowest BCUT2D eigenvalue weighted by Crippen LogP contribution is -2.32. The Morgan fingerprint density at radius 3 is 3.00 bits per heavy atom. The molecule has 0 saturated heterocycles. The first-order chi connectivity index (χ1) is 10.2. The van der Waals surface area contributed by atoms with E-state index in [-0.39, 0.29) is 0 Å². The van der Waals surface area contributed by atoms with Gasteiger partial charge in [0.05, 0.1) is 0 Å². The van der Waals surface area contributed by atoms with Crippen molar-refractivity contribution in [2.45, 2.75) is 19.9 Å².